The second-order valence-corrected chi connectivity index (χ2v) is 13.3. The topological polar surface area (TPSA) is 26.3 Å². The van der Waals surface area contributed by atoms with Crippen molar-refractivity contribution in [2.45, 2.75) is 239 Å². The van der Waals surface area contributed by atoms with Crippen molar-refractivity contribution in [2.75, 3.05) is 6.61 Å². The van der Waals surface area contributed by atoms with Gasteiger partial charge in [0, 0.05) is 6.42 Å². The largest absolute Gasteiger partial charge is 0.466 e. The van der Waals surface area contributed by atoms with E-state index in [1.807, 2.05) is 0 Å². The maximum absolute atomic E-state index is 11.8. The fraction of sp³-hybridized carbons (Fsp3) is 0.974. The molecule has 0 bridgehead atoms. The summed E-state index contributed by atoms with van der Waals surface area (Å²) in [4.78, 5) is 11.8. The van der Waals surface area contributed by atoms with Crippen LogP contribution in [0.5, 0.6) is 0 Å². The Labute approximate surface area is 260 Å². The second kappa shape index (κ2) is 37.5. The lowest BCUT2D eigenvalue weighted by atomic mass is 10.0. The Bertz CT molecular complexity index is 474. The number of unbranched alkanes of at least 4 members (excludes halogenated alkanes) is 32. The fourth-order valence-corrected chi connectivity index (χ4v) is 6.08. The summed E-state index contributed by atoms with van der Waals surface area (Å²) in [6.07, 6.45) is 47.7. The summed E-state index contributed by atoms with van der Waals surface area (Å²) in [5, 5.41) is 0. The molecule has 0 unspecified atom stereocenters. The Balaban J connectivity index is 3.10. The van der Waals surface area contributed by atoms with E-state index in [4.69, 9.17) is 4.74 Å². The highest BCUT2D eigenvalue weighted by molar-refractivity contribution is 5.69. The van der Waals surface area contributed by atoms with Gasteiger partial charge in [-0.1, -0.05) is 219 Å². The summed E-state index contributed by atoms with van der Waals surface area (Å²) in [6.45, 7) is 5.19. The van der Waals surface area contributed by atoms with Crippen LogP contribution >= 0.6 is 0 Å². The van der Waals surface area contributed by atoms with Gasteiger partial charge in [-0.25, -0.2) is 0 Å². The molecule has 0 N–H and O–H groups in total. The van der Waals surface area contributed by atoms with E-state index in [0.717, 1.165) is 12.8 Å². The average Bonchev–Trinajstić information content (AvgIpc) is 2.98. The molecular weight excluding hydrogens is 500 g/mol. The molecule has 0 aromatic rings. The van der Waals surface area contributed by atoms with Crippen molar-refractivity contribution in [3.8, 4) is 0 Å². The van der Waals surface area contributed by atoms with E-state index < -0.39 is 0 Å². The minimum absolute atomic E-state index is 0.0237. The summed E-state index contributed by atoms with van der Waals surface area (Å²) in [5.74, 6) is 0.0237. The Morgan fingerprint density at radius 3 is 0.805 bits per heavy atom. The predicted molar refractivity (Wildman–Crippen MR) is 184 cm³/mol. The standard InChI is InChI=1S/C39H78O2/c1-3-5-7-9-11-12-13-14-15-16-17-18-19-20-21-22-23-24-25-26-27-28-29-30-31-33-35-37-39(40)41-38-36-34-32-10-8-6-4-2/h3-38H2,1-2H3. The molecule has 0 aliphatic heterocycles. The van der Waals surface area contributed by atoms with Crippen molar-refractivity contribution in [2.24, 2.45) is 0 Å². The molecule has 0 atom stereocenters. The average molecular weight is 579 g/mol. The van der Waals surface area contributed by atoms with Crippen LogP contribution in [0, 0.1) is 0 Å². The molecule has 2 nitrogen and oxygen atoms in total. The quantitative estimate of drug-likeness (QED) is 0.0546. The number of ether oxygens (including phenoxy) is 1. The lowest BCUT2D eigenvalue weighted by molar-refractivity contribution is -0.143. The molecule has 0 heterocycles. The van der Waals surface area contributed by atoms with E-state index in [-0.39, 0.29) is 5.97 Å². The third kappa shape index (κ3) is 37.4. The molecule has 0 saturated carbocycles. The minimum atomic E-state index is 0.0237. The van der Waals surface area contributed by atoms with Crippen molar-refractivity contribution in [1.82, 2.24) is 0 Å². The molecule has 0 aromatic heterocycles. The minimum Gasteiger partial charge on any atom is -0.466 e. The zero-order valence-corrected chi connectivity index (χ0v) is 28.8. The molecule has 0 spiro atoms. The maximum atomic E-state index is 11.8. The Kier molecular flexibility index (Phi) is 37.0. The van der Waals surface area contributed by atoms with E-state index in [0.29, 0.717) is 13.0 Å². The first-order valence-electron chi connectivity index (χ1n) is 19.5. The van der Waals surface area contributed by atoms with Crippen LogP contribution in [0.2, 0.25) is 0 Å². The van der Waals surface area contributed by atoms with Gasteiger partial charge < -0.3 is 4.74 Å². The van der Waals surface area contributed by atoms with Gasteiger partial charge in [0.15, 0.2) is 0 Å². The van der Waals surface area contributed by atoms with Crippen LogP contribution in [-0.4, -0.2) is 12.6 Å². The molecule has 246 valence electrons. The molecular formula is C39H78O2. The van der Waals surface area contributed by atoms with Crippen molar-refractivity contribution >= 4 is 5.97 Å². The number of hydrogen-bond donors (Lipinski definition) is 0. The van der Waals surface area contributed by atoms with Gasteiger partial charge in [0.25, 0.3) is 0 Å². The van der Waals surface area contributed by atoms with E-state index in [2.05, 4.69) is 13.8 Å². The van der Waals surface area contributed by atoms with Crippen LogP contribution in [0.15, 0.2) is 0 Å². The molecule has 0 rings (SSSR count). The number of carbonyl (C=O) groups is 1. The Morgan fingerprint density at radius 2 is 0.537 bits per heavy atom. The fourth-order valence-electron chi connectivity index (χ4n) is 6.08. The molecule has 0 aromatic carbocycles. The molecule has 0 aliphatic carbocycles. The predicted octanol–water partition coefficient (Wildman–Crippen LogP) is 14.2. The summed E-state index contributed by atoms with van der Waals surface area (Å²) >= 11 is 0. The number of esters is 1. The highest BCUT2D eigenvalue weighted by atomic mass is 16.5. The van der Waals surface area contributed by atoms with Gasteiger partial charge >= 0.3 is 5.97 Å². The summed E-state index contributed by atoms with van der Waals surface area (Å²) in [5.41, 5.74) is 0. The SMILES string of the molecule is CCCCCCCCCCCCCCCCCCCCCCCCCCCCCC(=O)OCCCCCCCCC. The van der Waals surface area contributed by atoms with Gasteiger partial charge in [-0.15, -0.1) is 0 Å². The van der Waals surface area contributed by atoms with Gasteiger partial charge in [-0.3, -0.25) is 4.79 Å². The van der Waals surface area contributed by atoms with Crippen LogP contribution in [-0.2, 0) is 9.53 Å². The molecule has 0 aliphatic rings. The van der Waals surface area contributed by atoms with Gasteiger partial charge in [0.1, 0.15) is 0 Å². The summed E-state index contributed by atoms with van der Waals surface area (Å²) < 4.78 is 5.39. The van der Waals surface area contributed by atoms with E-state index in [9.17, 15) is 4.79 Å². The normalized spacial score (nSPS) is 11.4. The van der Waals surface area contributed by atoms with Crippen LogP contribution in [0.25, 0.3) is 0 Å². The van der Waals surface area contributed by atoms with Crippen LogP contribution in [0.4, 0.5) is 0 Å². The van der Waals surface area contributed by atoms with E-state index in [1.165, 1.54) is 205 Å². The van der Waals surface area contributed by atoms with E-state index in [1.54, 1.807) is 0 Å². The molecule has 41 heavy (non-hydrogen) atoms. The number of carbonyl (C=O) groups excluding carboxylic acids is 1. The first kappa shape index (κ1) is 40.5. The molecule has 2 heteroatoms. The van der Waals surface area contributed by atoms with Crippen molar-refractivity contribution < 1.29 is 9.53 Å². The van der Waals surface area contributed by atoms with Crippen molar-refractivity contribution in [1.29, 1.82) is 0 Å². The summed E-state index contributed by atoms with van der Waals surface area (Å²) in [7, 11) is 0. The van der Waals surface area contributed by atoms with Crippen LogP contribution in [0.1, 0.15) is 239 Å². The lowest BCUT2D eigenvalue weighted by Crippen LogP contribution is -2.05. The van der Waals surface area contributed by atoms with Gasteiger partial charge in [-0.2, -0.15) is 0 Å². The zero-order chi connectivity index (χ0) is 29.7. The smallest absolute Gasteiger partial charge is 0.305 e. The Hall–Kier alpha value is -0.530. The highest BCUT2D eigenvalue weighted by Crippen LogP contribution is 2.16. The van der Waals surface area contributed by atoms with Crippen molar-refractivity contribution in [3.05, 3.63) is 0 Å². The molecule has 0 radical (unpaired) electrons. The third-order valence-electron chi connectivity index (χ3n) is 9.00. The molecule has 0 fully saturated rings. The third-order valence-corrected chi connectivity index (χ3v) is 9.00. The number of rotatable bonds is 36. The van der Waals surface area contributed by atoms with Gasteiger partial charge in [0.05, 0.1) is 6.61 Å². The van der Waals surface area contributed by atoms with Crippen LogP contribution < -0.4 is 0 Å². The molecule has 0 saturated heterocycles. The summed E-state index contributed by atoms with van der Waals surface area (Å²) in [6, 6.07) is 0. The molecule has 0 amide bonds. The number of hydrogen-bond acceptors (Lipinski definition) is 2. The highest BCUT2D eigenvalue weighted by Gasteiger charge is 2.03. The van der Waals surface area contributed by atoms with Crippen LogP contribution in [0.3, 0.4) is 0 Å². The first-order valence-corrected chi connectivity index (χ1v) is 19.5. The zero-order valence-electron chi connectivity index (χ0n) is 28.8. The first-order chi connectivity index (χ1) is 20.3. The van der Waals surface area contributed by atoms with Crippen molar-refractivity contribution in [3.63, 3.8) is 0 Å². The monoisotopic (exact) mass is 579 g/mol. The Morgan fingerprint density at radius 1 is 0.317 bits per heavy atom. The van der Waals surface area contributed by atoms with Gasteiger partial charge in [-0.05, 0) is 12.8 Å². The second-order valence-electron chi connectivity index (χ2n) is 13.3. The van der Waals surface area contributed by atoms with E-state index >= 15 is 0 Å². The maximum Gasteiger partial charge on any atom is 0.305 e. The van der Waals surface area contributed by atoms with Gasteiger partial charge in [0.2, 0.25) is 0 Å². The lowest BCUT2D eigenvalue weighted by Gasteiger charge is -2.05.